The topological polar surface area (TPSA) is 29.5 Å². The molecule has 0 aliphatic rings. The Morgan fingerprint density at radius 2 is 1.85 bits per heavy atom. The Bertz CT molecular complexity index is 734. The summed E-state index contributed by atoms with van der Waals surface area (Å²) in [5, 5.41) is 1.65. The summed E-state index contributed by atoms with van der Waals surface area (Å²) >= 11 is 7.32. The van der Waals surface area contributed by atoms with E-state index in [-0.39, 0.29) is 11.4 Å². The second-order valence-corrected chi connectivity index (χ2v) is 9.63. The van der Waals surface area contributed by atoms with E-state index in [1.54, 1.807) is 17.2 Å². The van der Waals surface area contributed by atoms with Crippen LogP contribution in [0.4, 0.5) is 0 Å². The Morgan fingerprint density at radius 3 is 2.52 bits per heavy atom. The van der Waals surface area contributed by atoms with Gasteiger partial charge in [0.2, 0.25) is 0 Å². The fraction of sp³-hybridized carbons (Fsp3) is 0.409. The summed E-state index contributed by atoms with van der Waals surface area (Å²) in [6.45, 7) is 5.11. The maximum absolute atomic E-state index is 12.2. The second-order valence-electron chi connectivity index (χ2n) is 7.61. The van der Waals surface area contributed by atoms with Crippen molar-refractivity contribution in [3.05, 3.63) is 70.2 Å². The molecule has 1 atom stereocenters. The molecule has 2 aromatic carbocycles. The van der Waals surface area contributed by atoms with E-state index in [0.29, 0.717) is 16.9 Å². The molecule has 27 heavy (non-hydrogen) atoms. The van der Waals surface area contributed by atoms with Gasteiger partial charge in [0.25, 0.3) is 0 Å². The van der Waals surface area contributed by atoms with Gasteiger partial charge in [-0.05, 0) is 48.1 Å². The largest absolute Gasteiger partial charge is 0.364 e. The lowest BCUT2D eigenvalue weighted by Crippen LogP contribution is -2.33. The van der Waals surface area contributed by atoms with Crippen LogP contribution in [0.15, 0.2) is 59.1 Å². The normalized spacial score (nSPS) is 12.8. The molecule has 0 amide bonds. The summed E-state index contributed by atoms with van der Waals surface area (Å²) in [7, 11) is 1.82. The van der Waals surface area contributed by atoms with Gasteiger partial charge in [0, 0.05) is 22.9 Å². The van der Waals surface area contributed by atoms with Crippen molar-refractivity contribution in [2.75, 3.05) is 13.6 Å². The number of hydrogen-bond donors (Lipinski definition) is 0. The monoisotopic (exact) mass is 495 g/mol. The van der Waals surface area contributed by atoms with Gasteiger partial charge in [-0.15, -0.1) is 5.06 Å². The fourth-order valence-corrected chi connectivity index (χ4v) is 4.14. The molecule has 2 aromatic rings. The van der Waals surface area contributed by atoms with E-state index in [0.717, 1.165) is 23.7 Å². The molecule has 2 rings (SSSR count). The molecule has 0 spiro atoms. The third kappa shape index (κ3) is 7.76. The Labute approximate surface area is 179 Å². The van der Waals surface area contributed by atoms with Crippen LogP contribution in [0.5, 0.6) is 0 Å². The van der Waals surface area contributed by atoms with Gasteiger partial charge in [0.05, 0.1) is 5.56 Å². The highest BCUT2D eigenvalue weighted by Gasteiger charge is 2.23. The van der Waals surface area contributed by atoms with E-state index < -0.39 is 0 Å². The maximum Gasteiger partial charge on any atom is 0.357 e. The van der Waals surface area contributed by atoms with E-state index in [2.05, 4.69) is 63.9 Å². The molecule has 0 fully saturated rings. The van der Waals surface area contributed by atoms with E-state index in [1.807, 2.05) is 31.3 Å². The van der Waals surface area contributed by atoms with Crippen molar-refractivity contribution in [1.82, 2.24) is 5.06 Å². The van der Waals surface area contributed by atoms with Gasteiger partial charge >= 0.3 is 5.97 Å². The van der Waals surface area contributed by atoms with Crippen molar-refractivity contribution in [2.24, 2.45) is 5.41 Å². The molecule has 0 radical (unpaired) electrons. The molecule has 0 saturated heterocycles. The highest BCUT2D eigenvalue weighted by molar-refractivity contribution is 9.10. The van der Waals surface area contributed by atoms with Crippen LogP contribution in [0.25, 0.3) is 0 Å². The van der Waals surface area contributed by atoms with Crippen LogP contribution in [0.1, 0.15) is 53.9 Å². The number of rotatable bonds is 9. The molecule has 0 saturated carbocycles. The third-order valence-electron chi connectivity index (χ3n) is 4.42. The number of hydrogen-bond acceptors (Lipinski definition) is 3. The average molecular weight is 497 g/mol. The summed E-state index contributed by atoms with van der Waals surface area (Å²) in [5.74, 6) is -0.316. The lowest BCUT2D eigenvalue weighted by atomic mass is 9.86. The Morgan fingerprint density at radius 1 is 1.15 bits per heavy atom. The molecule has 0 N–H and O–H groups in total. The molecule has 5 heteroatoms. The first-order chi connectivity index (χ1) is 12.8. The number of halogens is 2. The predicted molar refractivity (Wildman–Crippen MR) is 118 cm³/mol. The van der Waals surface area contributed by atoms with E-state index >= 15 is 0 Å². The van der Waals surface area contributed by atoms with Crippen LogP contribution in [-0.4, -0.2) is 24.6 Å². The van der Waals surface area contributed by atoms with Crippen LogP contribution in [0, 0.1) is 5.41 Å². The van der Waals surface area contributed by atoms with Gasteiger partial charge in [-0.3, -0.25) is 0 Å². The van der Waals surface area contributed by atoms with Gasteiger partial charge < -0.3 is 4.84 Å². The summed E-state index contributed by atoms with van der Waals surface area (Å²) in [6.07, 6.45) is 3.21. The van der Waals surface area contributed by atoms with Gasteiger partial charge in [-0.2, -0.15) is 0 Å². The first kappa shape index (κ1) is 22.1. The van der Waals surface area contributed by atoms with Gasteiger partial charge in [0.15, 0.2) is 0 Å². The van der Waals surface area contributed by atoms with Crippen molar-refractivity contribution >= 4 is 37.8 Å². The zero-order valence-electron chi connectivity index (χ0n) is 16.1. The van der Waals surface area contributed by atoms with E-state index in [4.69, 9.17) is 4.84 Å². The predicted octanol–water partition coefficient (Wildman–Crippen LogP) is 6.79. The zero-order chi connectivity index (χ0) is 19.9. The van der Waals surface area contributed by atoms with Crippen molar-refractivity contribution in [2.45, 2.75) is 37.9 Å². The smallest absolute Gasteiger partial charge is 0.357 e. The first-order valence-electron chi connectivity index (χ1n) is 9.15. The average Bonchev–Trinajstić information content (AvgIpc) is 2.61. The summed E-state index contributed by atoms with van der Waals surface area (Å²) < 4.78 is 1.10. The molecule has 0 aromatic heterocycles. The number of nitrogens with zero attached hydrogens (tertiary/aromatic N) is 1. The van der Waals surface area contributed by atoms with Gasteiger partial charge in [0.1, 0.15) is 0 Å². The van der Waals surface area contributed by atoms with Crippen LogP contribution >= 0.6 is 31.9 Å². The van der Waals surface area contributed by atoms with Crippen LogP contribution < -0.4 is 0 Å². The minimum absolute atomic E-state index is 0.0513. The molecule has 0 aliphatic heterocycles. The van der Waals surface area contributed by atoms with Crippen LogP contribution in [-0.2, 0) is 4.84 Å². The third-order valence-corrected chi connectivity index (χ3v) is 5.90. The van der Waals surface area contributed by atoms with E-state index in [9.17, 15) is 4.79 Å². The molecular weight excluding hydrogens is 470 g/mol. The first-order valence-corrected chi connectivity index (χ1v) is 10.9. The molecule has 0 aliphatic carbocycles. The van der Waals surface area contributed by atoms with Crippen molar-refractivity contribution in [1.29, 1.82) is 0 Å². The fourth-order valence-electron chi connectivity index (χ4n) is 3.11. The molecule has 146 valence electrons. The van der Waals surface area contributed by atoms with Gasteiger partial charge in [-0.25, -0.2) is 4.79 Å². The quantitative estimate of drug-likeness (QED) is 0.283. The minimum Gasteiger partial charge on any atom is -0.364 e. The lowest BCUT2D eigenvalue weighted by molar-refractivity contribution is -0.108. The van der Waals surface area contributed by atoms with Crippen molar-refractivity contribution < 1.29 is 9.63 Å². The Kier molecular flexibility index (Phi) is 8.52. The van der Waals surface area contributed by atoms with Crippen molar-refractivity contribution in [3.8, 4) is 0 Å². The maximum atomic E-state index is 12.2. The number of benzene rings is 2. The molecule has 1 unspecified atom stereocenters. The standard InChI is InChI=1S/C22H27Br2NO2/c1-22(2,14-8-13-20(24)18-11-7-12-19(23)15-18)16-25(3)27-21(26)17-9-5-4-6-10-17/h4-7,9-12,15,20H,8,13-14,16H2,1-3H3. The summed E-state index contributed by atoms with van der Waals surface area (Å²) in [4.78, 5) is 18.0. The number of carbonyl (C=O) groups is 1. The highest BCUT2D eigenvalue weighted by Crippen LogP contribution is 2.33. The Hall–Kier alpha value is -1.17. The van der Waals surface area contributed by atoms with Crippen molar-refractivity contribution in [3.63, 3.8) is 0 Å². The molecular formula is C22H27Br2NO2. The summed E-state index contributed by atoms with van der Waals surface area (Å²) in [5.41, 5.74) is 1.91. The number of alkyl halides is 1. The number of carbonyl (C=O) groups excluding carboxylic acids is 1. The number of hydroxylamine groups is 2. The zero-order valence-corrected chi connectivity index (χ0v) is 19.3. The van der Waals surface area contributed by atoms with Gasteiger partial charge in [-0.1, -0.05) is 82.5 Å². The molecule has 3 nitrogen and oxygen atoms in total. The molecule has 0 heterocycles. The lowest BCUT2D eigenvalue weighted by Gasteiger charge is -2.29. The summed E-state index contributed by atoms with van der Waals surface area (Å²) in [6, 6.07) is 17.5. The van der Waals surface area contributed by atoms with Crippen LogP contribution in [0.2, 0.25) is 0 Å². The van der Waals surface area contributed by atoms with E-state index in [1.165, 1.54) is 5.56 Å². The minimum atomic E-state index is -0.316. The van der Waals surface area contributed by atoms with Crippen LogP contribution in [0.3, 0.4) is 0 Å². The Balaban J connectivity index is 1.77. The highest BCUT2D eigenvalue weighted by atomic mass is 79.9. The molecule has 0 bridgehead atoms. The SMILES string of the molecule is CN(CC(C)(C)CCCC(Br)c1cccc(Br)c1)OC(=O)c1ccccc1. The second kappa shape index (κ2) is 10.4.